The number of aryl methyl sites for hydroxylation is 1. The minimum absolute atomic E-state index is 0.232. The first-order valence-electron chi connectivity index (χ1n) is 11.0. The maximum atomic E-state index is 13.2. The highest BCUT2D eigenvalue weighted by atomic mass is 35.5. The molecule has 0 radical (unpaired) electrons. The van der Waals surface area contributed by atoms with E-state index in [1.165, 1.54) is 6.08 Å². The van der Waals surface area contributed by atoms with Crippen molar-refractivity contribution in [1.29, 1.82) is 0 Å². The lowest BCUT2D eigenvalue weighted by molar-refractivity contribution is -0.122. The first kappa shape index (κ1) is 24.7. The Bertz CT molecular complexity index is 1400. The van der Waals surface area contributed by atoms with E-state index in [1.54, 1.807) is 61.5 Å². The average molecular weight is 504 g/mol. The second-order valence-corrected chi connectivity index (χ2v) is 8.52. The van der Waals surface area contributed by atoms with Gasteiger partial charge in [0.05, 0.1) is 5.69 Å². The van der Waals surface area contributed by atoms with Gasteiger partial charge >= 0.3 is 6.03 Å². The number of barbiturate groups is 1. The van der Waals surface area contributed by atoms with Gasteiger partial charge in [0.25, 0.3) is 17.7 Å². The van der Waals surface area contributed by atoms with Gasteiger partial charge < -0.3 is 10.1 Å². The number of rotatable bonds is 6. The smallest absolute Gasteiger partial charge is 0.335 e. The van der Waals surface area contributed by atoms with E-state index in [0.717, 1.165) is 10.5 Å². The number of amides is 5. The van der Waals surface area contributed by atoms with E-state index in [2.05, 4.69) is 10.6 Å². The minimum atomic E-state index is -0.857. The third-order valence-electron chi connectivity index (χ3n) is 5.46. The lowest BCUT2D eigenvalue weighted by Crippen LogP contribution is -2.54. The summed E-state index contributed by atoms with van der Waals surface area (Å²) in [6.07, 6.45) is 1.36. The van der Waals surface area contributed by atoms with E-state index in [4.69, 9.17) is 16.3 Å². The summed E-state index contributed by atoms with van der Waals surface area (Å²) >= 11 is 6.15. The van der Waals surface area contributed by atoms with Gasteiger partial charge in [-0.25, -0.2) is 9.69 Å². The molecule has 1 heterocycles. The topological polar surface area (TPSA) is 105 Å². The Morgan fingerprint density at radius 1 is 1.03 bits per heavy atom. The zero-order valence-corrected chi connectivity index (χ0v) is 20.3. The zero-order valence-electron chi connectivity index (χ0n) is 19.5. The molecule has 3 aromatic rings. The first-order chi connectivity index (χ1) is 17.2. The molecular formula is C27H22ClN3O5. The normalized spacial score (nSPS) is 14.6. The molecule has 3 aromatic carbocycles. The van der Waals surface area contributed by atoms with Crippen LogP contribution in [0.3, 0.4) is 0 Å². The summed E-state index contributed by atoms with van der Waals surface area (Å²) in [5.74, 6) is -1.57. The number of imide groups is 2. The van der Waals surface area contributed by atoms with Crippen LogP contribution in [0, 0.1) is 13.8 Å². The number of hydrogen-bond donors (Lipinski definition) is 2. The Morgan fingerprint density at radius 2 is 1.75 bits per heavy atom. The van der Waals surface area contributed by atoms with Crippen molar-refractivity contribution in [2.45, 2.75) is 13.8 Å². The molecule has 2 N–H and O–H groups in total. The van der Waals surface area contributed by atoms with Crippen LogP contribution >= 0.6 is 11.6 Å². The molecule has 0 bridgehead atoms. The number of benzene rings is 3. The van der Waals surface area contributed by atoms with Crippen LogP contribution in [0.4, 0.5) is 16.2 Å². The summed E-state index contributed by atoms with van der Waals surface area (Å²) in [6.45, 7) is 3.40. The molecule has 36 heavy (non-hydrogen) atoms. The number of hydrogen-bond acceptors (Lipinski definition) is 5. The van der Waals surface area contributed by atoms with Gasteiger partial charge in [-0.05, 0) is 67.4 Å². The summed E-state index contributed by atoms with van der Waals surface area (Å²) in [6, 6.07) is 17.9. The molecule has 8 nitrogen and oxygen atoms in total. The summed E-state index contributed by atoms with van der Waals surface area (Å²) in [7, 11) is 0. The maximum absolute atomic E-state index is 13.2. The van der Waals surface area contributed by atoms with Crippen molar-refractivity contribution in [3.63, 3.8) is 0 Å². The number of nitrogens with one attached hydrogen (secondary N) is 2. The van der Waals surface area contributed by atoms with Crippen molar-refractivity contribution in [1.82, 2.24) is 5.32 Å². The third-order valence-corrected chi connectivity index (χ3v) is 5.87. The van der Waals surface area contributed by atoms with Crippen molar-refractivity contribution >= 4 is 52.8 Å². The van der Waals surface area contributed by atoms with Crippen LogP contribution in [0.1, 0.15) is 16.7 Å². The number of nitrogens with zero attached hydrogens (tertiary/aromatic N) is 1. The molecule has 0 saturated carbocycles. The molecule has 0 unspecified atom stereocenters. The average Bonchev–Trinajstić information content (AvgIpc) is 2.85. The quantitative estimate of drug-likeness (QED) is 0.376. The highest BCUT2D eigenvalue weighted by molar-refractivity contribution is 6.40. The summed E-state index contributed by atoms with van der Waals surface area (Å²) in [5, 5.41) is 5.31. The molecule has 9 heteroatoms. The number of urea groups is 1. The van der Waals surface area contributed by atoms with E-state index in [9.17, 15) is 19.2 Å². The fraction of sp³-hybridized carbons (Fsp3) is 0.111. The molecule has 5 amide bonds. The van der Waals surface area contributed by atoms with Crippen LogP contribution in [0.5, 0.6) is 5.75 Å². The molecule has 0 atom stereocenters. The zero-order chi connectivity index (χ0) is 25.8. The Hall–Kier alpha value is -4.43. The standard InChI is InChI=1S/C27H22ClN3O5/c1-16-9-11-19(12-10-16)29-24(32)15-36-20-6-3-5-18(13-20)14-21-25(33)30-27(35)31(26(21)34)23-8-4-7-22(28)17(23)2/h3-14H,15H2,1-2H3,(H,29,32)(H,30,33,35)/b21-14-. The number of anilines is 2. The van der Waals surface area contributed by atoms with Gasteiger partial charge in [0, 0.05) is 10.7 Å². The molecule has 182 valence electrons. The molecule has 0 spiro atoms. The number of carbonyl (C=O) groups excluding carboxylic acids is 4. The van der Waals surface area contributed by atoms with E-state index in [0.29, 0.717) is 27.6 Å². The monoisotopic (exact) mass is 503 g/mol. The van der Waals surface area contributed by atoms with Crippen LogP contribution in [0.15, 0.2) is 72.3 Å². The van der Waals surface area contributed by atoms with Gasteiger partial charge in [-0.15, -0.1) is 0 Å². The Balaban J connectivity index is 1.50. The van der Waals surface area contributed by atoms with E-state index in [1.807, 2.05) is 19.1 Å². The Morgan fingerprint density at radius 3 is 2.50 bits per heavy atom. The lowest BCUT2D eigenvalue weighted by Gasteiger charge is -2.27. The van der Waals surface area contributed by atoms with Crippen LogP contribution in [0.2, 0.25) is 5.02 Å². The van der Waals surface area contributed by atoms with Gasteiger partial charge in [0.1, 0.15) is 11.3 Å². The van der Waals surface area contributed by atoms with Crippen LogP contribution in [-0.2, 0) is 14.4 Å². The fourth-order valence-corrected chi connectivity index (χ4v) is 3.73. The second kappa shape index (κ2) is 10.5. The Kier molecular flexibility index (Phi) is 7.17. The van der Waals surface area contributed by atoms with Crippen molar-refractivity contribution in [2.24, 2.45) is 0 Å². The van der Waals surface area contributed by atoms with Gasteiger partial charge in [0.2, 0.25) is 0 Å². The maximum Gasteiger partial charge on any atom is 0.335 e. The number of carbonyl (C=O) groups is 4. The highest BCUT2D eigenvalue weighted by Gasteiger charge is 2.37. The van der Waals surface area contributed by atoms with Gasteiger partial charge in [0.15, 0.2) is 6.61 Å². The van der Waals surface area contributed by atoms with Crippen molar-refractivity contribution in [3.8, 4) is 5.75 Å². The molecule has 1 fully saturated rings. The van der Waals surface area contributed by atoms with E-state index < -0.39 is 17.8 Å². The molecule has 1 aliphatic rings. The first-order valence-corrected chi connectivity index (χ1v) is 11.4. The minimum Gasteiger partial charge on any atom is -0.484 e. The molecule has 4 rings (SSSR count). The summed E-state index contributed by atoms with van der Waals surface area (Å²) < 4.78 is 5.58. The predicted molar refractivity (Wildman–Crippen MR) is 137 cm³/mol. The highest BCUT2D eigenvalue weighted by Crippen LogP contribution is 2.29. The molecular weight excluding hydrogens is 482 g/mol. The summed E-state index contributed by atoms with van der Waals surface area (Å²) in [5.41, 5.74) is 2.78. The van der Waals surface area contributed by atoms with E-state index >= 15 is 0 Å². The largest absolute Gasteiger partial charge is 0.484 e. The van der Waals surface area contributed by atoms with Gasteiger partial charge in [-0.3, -0.25) is 19.7 Å². The molecule has 1 saturated heterocycles. The second-order valence-electron chi connectivity index (χ2n) is 8.12. The van der Waals surface area contributed by atoms with Crippen LogP contribution in [-0.4, -0.2) is 30.4 Å². The molecule has 0 aromatic heterocycles. The molecule has 0 aliphatic carbocycles. The van der Waals surface area contributed by atoms with Gasteiger partial charge in [-0.2, -0.15) is 0 Å². The van der Waals surface area contributed by atoms with Crippen molar-refractivity contribution < 1.29 is 23.9 Å². The van der Waals surface area contributed by atoms with Gasteiger partial charge in [-0.1, -0.05) is 47.5 Å². The number of ether oxygens (including phenoxy) is 1. The number of halogens is 1. The van der Waals surface area contributed by atoms with Crippen LogP contribution < -0.4 is 20.3 Å². The SMILES string of the molecule is Cc1ccc(NC(=O)COc2cccc(/C=C3/C(=O)NC(=O)N(c4cccc(Cl)c4C)C3=O)c2)cc1. The van der Waals surface area contributed by atoms with Crippen LogP contribution in [0.25, 0.3) is 6.08 Å². The Labute approximate surface area is 212 Å². The fourth-order valence-electron chi connectivity index (χ4n) is 3.56. The predicted octanol–water partition coefficient (Wildman–Crippen LogP) is 4.64. The molecule has 1 aliphatic heterocycles. The van der Waals surface area contributed by atoms with E-state index in [-0.39, 0.29) is 23.8 Å². The van der Waals surface area contributed by atoms with Crippen molar-refractivity contribution in [3.05, 3.63) is 94.0 Å². The van der Waals surface area contributed by atoms with Crippen molar-refractivity contribution in [2.75, 3.05) is 16.8 Å². The lowest BCUT2D eigenvalue weighted by atomic mass is 10.1. The summed E-state index contributed by atoms with van der Waals surface area (Å²) in [4.78, 5) is 51.2. The third kappa shape index (κ3) is 5.45.